The molecule has 3 heterocycles. The van der Waals surface area contributed by atoms with Crippen molar-refractivity contribution in [3.8, 4) is 22.1 Å². The summed E-state index contributed by atoms with van der Waals surface area (Å²) in [4.78, 5) is 18.7. The Morgan fingerprint density at radius 3 is 2.67 bits per heavy atom. The molecule has 7 nitrogen and oxygen atoms in total. The maximum atomic E-state index is 12.3. The van der Waals surface area contributed by atoms with Crippen molar-refractivity contribution >= 4 is 17.4 Å². The van der Waals surface area contributed by atoms with Crippen LogP contribution < -0.4 is 0 Å². The first-order valence-corrected chi connectivity index (χ1v) is 9.70. The fourth-order valence-corrected chi connectivity index (χ4v) is 3.72. The van der Waals surface area contributed by atoms with Gasteiger partial charge in [0.25, 0.3) is 0 Å². The number of hydrogen-bond donors (Lipinski definition) is 0. The monoisotopic (exact) mass is 383 g/mol. The molecular weight excluding hydrogens is 362 g/mol. The summed E-state index contributed by atoms with van der Waals surface area (Å²) in [6.45, 7) is 7.15. The summed E-state index contributed by atoms with van der Waals surface area (Å²) in [6, 6.07) is 10.1. The Bertz CT molecular complexity index is 958. The van der Waals surface area contributed by atoms with E-state index in [1.165, 1.54) is 0 Å². The molecule has 4 rings (SSSR count). The number of nitrogens with zero attached hydrogens (tertiary/aromatic N) is 5. The molecule has 0 bridgehead atoms. The number of carbonyl (C=O) groups is 1. The molecule has 0 fully saturated rings. The summed E-state index contributed by atoms with van der Waals surface area (Å²) >= 11 is 1.59. The van der Waals surface area contributed by atoms with Gasteiger partial charge in [0.15, 0.2) is 11.6 Å². The van der Waals surface area contributed by atoms with Crippen molar-refractivity contribution in [2.24, 2.45) is 0 Å². The van der Waals surface area contributed by atoms with E-state index in [9.17, 15) is 4.79 Å². The summed E-state index contributed by atoms with van der Waals surface area (Å²) in [6.07, 6.45) is -0.321. The van der Waals surface area contributed by atoms with Gasteiger partial charge in [0.05, 0.1) is 6.54 Å². The Kier molecular flexibility index (Phi) is 4.43. The number of fused-ring (bicyclic) bond motifs is 1. The van der Waals surface area contributed by atoms with E-state index in [0.717, 1.165) is 27.9 Å². The fourth-order valence-electron chi connectivity index (χ4n) is 2.92. The van der Waals surface area contributed by atoms with E-state index in [1.54, 1.807) is 16.2 Å². The smallest absolute Gasteiger partial charge is 0.410 e. The van der Waals surface area contributed by atoms with Crippen LogP contribution >= 0.6 is 11.3 Å². The van der Waals surface area contributed by atoms with Gasteiger partial charge in [0.1, 0.15) is 16.3 Å². The molecule has 1 aromatic carbocycles. The minimum absolute atomic E-state index is 0.321. The van der Waals surface area contributed by atoms with Crippen LogP contribution in [0.1, 0.15) is 26.6 Å². The molecule has 0 aliphatic carbocycles. The first-order valence-electron chi connectivity index (χ1n) is 8.82. The number of amides is 1. The van der Waals surface area contributed by atoms with Crippen LogP contribution in [0.3, 0.4) is 0 Å². The largest absolute Gasteiger partial charge is 0.444 e. The van der Waals surface area contributed by atoms with Crippen LogP contribution in [0, 0.1) is 0 Å². The topological polar surface area (TPSA) is 73.1 Å². The van der Waals surface area contributed by atoms with Crippen molar-refractivity contribution in [2.75, 3.05) is 6.54 Å². The number of rotatable bonds is 2. The predicted octanol–water partition coefficient (Wildman–Crippen LogP) is 3.82. The molecule has 1 aliphatic heterocycles. The van der Waals surface area contributed by atoms with Crippen LogP contribution in [0.5, 0.6) is 0 Å². The van der Waals surface area contributed by atoms with Crippen molar-refractivity contribution in [3.05, 3.63) is 41.5 Å². The quantitative estimate of drug-likeness (QED) is 0.673. The maximum Gasteiger partial charge on any atom is 0.410 e. The molecule has 0 unspecified atom stereocenters. The van der Waals surface area contributed by atoms with Gasteiger partial charge in [-0.25, -0.2) is 9.78 Å². The van der Waals surface area contributed by atoms with Gasteiger partial charge in [-0.15, -0.1) is 21.5 Å². The minimum atomic E-state index is -0.512. The molecule has 0 atom stereocenters. The van der Waals surface area contributed by atoms with E-state index in [1.807, 2.05) is 61.1 Å². The molecular formula is C19H21N5O2S. The van der Waals surface area contributed by atoms with Gasteiger partial charge < -0.3 is 9.30 Å². The number of carbonyl (C=O) groups excluding carboxylic acids is 1. The molecule has 2 aromatic heterocycles. The predicted molar refractivity (Wildman–Crippen MR) is 103 cm³/mol. The molecule has 0 saturated heterocycles. The van der Waals surface area contributed by atoms with E-state index < -0.39 is 5.60 Å². The Morgan fingerprint density at radius 1 is 1.15 bits per heavy atom. The molecule has 1 amide bonds. The number of benzene rings is 1. The van der Waals surface area contributed by atoms with Gasteiger partial charge >= 0.3 is 6.09 Å². The third-order valence-electron chi connectivity index (χ3n) is 4.16. The average molecular weight is 383 g/mol. The number of aromatic nitrogens is 4. The lowest BCUT2D eigenvalue weighted by atomic mass is 10.2. The number of ether oxygens (including phenoxy) is 1. The van der Waals surface area contributed by atoms with Crippen molar-refractivity contribution in [1.82, 2.24) is 24.6 Å². The normalized spacial score (nSPS) is 14.1. The number of hydrogen-bond acceptors (Lipinski definition) is 6. The standard InChI is InChI=1S/C19H21N5O2S/c1-19(2,3)26-18(25)23-9-10-24-15(11-23)21-22-16(24)14-12-27-17(20-14)13-7-5-4-6-8-13/h4-8,12H,9-11H2,1-3H3. The van der Waals surface area contributed by atoms with Crippen LogP contribution in [-0.2, 0) is 17.8 Å². The highest BCUT2D eigenvalue weighted by atomic mass is 32.1. The molecule has 140 valence electrons. The minimum Gasteiger partial charge on any atom is -0.444 e. The zero-order valence-corrected chi connectivity index (χ0v) is 16.4. The van der Waals surface area contributed by atoms with Crippen molar-refractivity contribution < 1.29 is 9.53 Å². The molecule has 8 heteroatoms. The second-order valence-electron chi connectivity index (χ2n) is 7.40. The summed E-state index contributed by atoms with van der Waals surface area (Å²) < 4.78 is 7.49. The fraction of sp³-hybridized carbons (Fsp3) is 0.368. The molecule has 0 N–H and O–H groups in total. The van der Waals surface area contributed by atoms with Crippen LogP contribution in [0.15, 0.2) is 35.7 Å². The Morgan fingerprint density at radius 2 is 1.93 bits per heavy atom. The summed E-state index contributed by atoms with van der Waals surface area (Å²) in [7, 11) is 0. The highest BCUT2D eigenvalue weighted by Gasteiger charge is 2.28. The summed E-state index contributed by atoms with van der Waals surface area (Å²) in [5.74, 6) is 1.49. The van der Waals surface area contributed by atoms with E-state index in [2.05, 4.69) is 10.2 Å². The molecule has 0 saturated carbocycles. The first-order chi connectivity index (χ1) is 12.9. The van der Waals surface area contributed by atoms with Gasteiger partial charge in [-0.05, 0) is 20.8 Å². The molecule has 0 radical (unpaired) electrons. The molecule has 3 aromatic rings. The van der Waals surface area contributed by atoms with Gasteiger partial charge in [0, 0.05) is 24.0 Å². The highest BCUT2D eigenvalue weighted by molar-refractivity contribution is 7.13. The van der Waals surface area contributed by atoms with Gasteiger partial charge in [0.2, 0.25) is 0 Å². The van der Waals surface area contributed by atoms with Gasteiger partial charge in [-0.2, -0.15) is 0 Å². The second-order valence-corrected chi connectivity index (χ2v) is 8.26. The summed E-state index contributed by atoms with van der Waals surface area (Å²) in [5, 5.41) is 11.5. The van der Waals surface area contributed by atoms with E-state index in [4.69, 9.17) is 9.72 Å². The van der Waals surface area contributed by atoms with E-state index >= 15 is 0 Å². The maximum absolute atomic E-state index is 12.3. The lowest BCUT2D eigenvalue weighted by molar-refractivity contribution is 0.0196. The SMILES string of the molecule is CC(C)(C)OC(=O)N1CCn2c(nnc2-c2csc(-c3ccccc3)n2)C1. The van der Waals surface area contributed by atoms with E-state index in [-0.39, 0.29) is 6.09 Å². The van der Waals surface area contributed by atoms with Crippen LogP contribution in [-0.4, -0.2) is 42.9 Å². The lowest BCUT2D eigenvalue weighted by Crippen LogP contribution is -2.41. The van der Waals surface area contributed by atoms with Crippen molar-refractivity contribution in [3.63, 3.8) is 0 Å². The van der Waals surface area contributed by atoms with Gasteiger partial charge in [-0.1, -0.05) is 30.3 Å². The highest BCUT2D eigenvalue weighted by Crippen LogP contribution is 2.29. The third kappa shape index (κ3) is 3.71. The van der Waals surface area contributed by atoms with E-state index in [0.29, 0.717) is 19.6 Å². The second kappa shape index (κ2) is 6.77. The zero-order valence-electron chi connectivity index (χ0n) is 15.5. The zero-order chi connectivity index (χ0) is 19.0. The number of thiazole rings is 1. The Hall–Kier alpha value is -2.74. The third-order valence-corrected chi connectivity index (χ3v) is 5.05. The van der Waals surface area contributed by atoms with Crippen LogP contribution in [0.2, 0.25) is 0 Å². The Balaban J connectivity index is 1.54. The summed E-state index contributed by atoms with van der Waals surface area (Å²) in [5.41, 5.74) is 1.38. The van der Waals surface area contributed by atoms with Crippen molar-refractivity contribution in [2.45, 2.75) is 39.5 Å². The molecule has 27 heavy (non-hydrogen) atoms. The molecule has 1 aliphatic rings. The van der Waals surface area contributed by atoms with Gasteiger partial charge in [-0.3, -0.25) is 4.90 Å². The van der Waals surface area contributed by atoms with Crippen molar-refractivity contribution in [1.29, 1.82) is 0 Å². The Labute approximate surface area is 161 Å². The van der Waals surface area contributed by atoms with Crippen LogP contribution in [0.4, 0.5) is 4.79 Å². The molecule has 0 spiro atoms. The first kappa shape index (κ1) is 17.7. The lowest BCUT2D eigenvalue weighted by Gasteiger charge is -2.30. The van der Waals surface area contributed by atoms with Crippen LogP contribution in [0.25, 0.3) is 22.1 Å². The average Bonchev–Trinajstić information content (AvgIpc) is 3.27.